The lowest BCUT2D eigenvalue weighted by atomic mass is 10.0. The smallest absolute Gasteiger partial charge is 0.0590 e. The molecule has 0 fully saturated rings. The third-order valence-corrected chi connectivity index (χ3v) is 5.49. The molecule has 148 valence electrons. The van der Waals surface area contributed by atoms with E-state index in [1.807, 2.05) is 19.3 Å². The minimum atomic E-state index is 0.233. The van der Waals surface area contributed by atoms with E-state index >= 15 is 0 Å². The molecule has 4 aromatic rings. The molecule has 2 aromatic heterocycles. The molecule has 2 heterocycles. The number of aromatic amines is 1. The van der Waals surface area contributed by atoms with Gasteiger partial charge < -0.3 is 15.6 Å². The first kappa shape index (κ1) is 19.2. The van der Waals surface area contributed by atoms with Crippen molar-refractivity contribution in [3.05, 3.63) is 89.9 Å². The van der Waals surface area contributed by atoms with Crippen LogP contribution in [0.4, 0.5) is 11.4 Å². The van der Waals surface area contributed by atoms with Gasteiger partial charge in [-0.15, -0.1) is 0 Å². The van der Waals surface area contributed by atoms with Crippen LogP contribution in [-0.4, -0.2) is 17.0 Å². The first-order chi connectivity index (χ1) is 14.2. The Labute approximate surface area is 172 Å². The van der Waals surface area contributed by atoms with Gasteiger partial charge in [0.15, 0.2) is 0 Å². The van der Waals surface area contributed by atoms with Crippen molar-refractivity contribution in [1.29, 1.82) is 0 Å². The van der Waals surface area contributed by atoms with Gasteiger partial charge in [-0.1, -0.05) is 30.3 Å². The Hall–Kier alpha value is -3.11. The molecule has 0 aliphatic heterocycles. The van der Waals surface area contributed by atoms with Crippen molar-refractivity contribution in [2.24, 2.45) is 0 Å². The summed E-state index contributed by atoms with van der Waals surface area (Å²) in [5, 5.41) is 8.05. The summed E-state index contributed by atoms with van der Waals surface area (Å²) in [7, 11) is 1.95. The number of nitrogens with one attached hydrogen (secondary N) is 3. The SMILES string of the molecule is CNC(C)c1cc(Nc2ccc(CCCc3c[nH]c4ccccc34)cc2)ccn1. The molecular weight excluding hydrogens is 356 g/mol. The van der Waals surface area contributed by atoms with Gasteiger partial charge >= 0.3 is 0 Å². The molecule has 0 spiro atoms. The third-order valence-electron chi connectivity index (χ3n) is 5.49. The Balaban J connectivity index is 1.33. The molecule has 29 heavy (non-hydrogen) atoms. The molecular formula is C25H28N4. The lowest BCUT2D eigenvalue weighted by Gasteiger charge is -2.12. The highest BCUT2D eigenvalue weighted by atomic mass is 14.9. The fourth-order valence-electron chi connectivity index (χ4n) is 3.65. The van der Waals surface area contributed by atoms with Crippen molar-refractivity contribution in [3.8, 4) is 0 Å². The Morgan fingerprint density at radius 3 is 2.62 bits per heavy atom. The number of rotatable bonds is 8. The molecule has 0 saturated heterocycles. The van der Waals surface area contributed by atoms with Gasteiger partial charge in [0.05, 0.1) is 5.69 Å². The summed E-state index contributed by atoms with van der Waals surface area (Å²) in [5.74, 6) is 0. The minimum absolute atomic E-state index is 0.233. The molecule has 0 bridgehead atoms. The van der Waals surface area contributed by atoms with E-state index in [0.717, 1.165) is 36.3 Å². The van der Waals surface area contributed by atoms with Crippen LogP contribution in [0.15, 0.2) is 73.1 Å². The average molecular weight is 385 g/mol. The second-order valence-electron chi connectivity index (χ2n) is 7.51. The van der Waals surface area contributed by atoms with Crippen molar-refractivity contribution < 1.29 is 0 Å². The topological polar surface area (TPSA) is 52.7 Å². The number of fused-ring (bicyclic) bond motifs is 1. The Kier molecular flexibility index (Phi) is 5.92. The van der Waals surface area contributed by atoms with Crippen LogP contribution in [0.3, 0.4) is 0 Å². The number of pyridine rings is 1. The predicted molar refractivity (Wildman–Crippen MR) is 122 cm³/mol. The number of para-hydroxylation sites is 1. The fraction of sp³-hybridized carbons (Fsp3) is 0.240. The van der Waals surface area contributed by atoms with Gasteiger partial charge in [-0.25, -0.2) is 0 Å². The number of anilines is 2. The minimum Gasteiger partial charge on any atom is -0.361 e. The summed E-state index contributed by atoms with van der Waals surface area (Å²) in [6.45, 7) is 2.11. The van der Waals surface area contributed by atoms with Gasteiger partial charge in [0.2, 0.25) is 0 Å². The van der Waals surface area contributed by atoms with E-state index in [1.54, 1.807) is 0 Å². The largest absolute Gasteiger partial charge is 0.361 e. The summed E-state index contributed by atoms with van der Waals surface area (Å²) in [6.07, 6.45) is 7.32. The van der Waals surface area contributed by atoms with Crippen molar-refractivity contribution in [2.75, 3.05) is 12.4 Å². The Morgan fingerprint density at radius 1 is 0.966 bits per heavy atom. The summed E-state index contributed by atoms with van der Waals surface area (Å²) in [4.78, 5) is 7.80. The highest BCUT2D eigenvalue weighted by molar-refractivity contribution is 5.83. The molecule has 0 aliphatic rings. The number of hydrogen-bond acceptors (Lipinski definition) is 3. The van der Waals surface area contributed by atoms with Crippen molar-refractivity contribution >= 4 is 22.3 Å². The molecule has 4 nitrogen and oxygen atoms in total. The van der Waals surface area contributed by atoms with Gasteiger partial charge in [-0.05, 0) is 74.7 Å². The molecule has 3 N–H and O–H groups in total. The second-order valence-corrected chi connectivity index (χ2v) is 7.51. The first-order valence-electron chi connectivity index (χ1n) is 10.3. The van der Waals surface area contributed by atoms with E-state index in [9.17, 15) is 0 Å². The van der Waals surface area contributed by atoms with Crippen LogP contribution >= 0.6 is 0 Å². The molecule has 0 saturated carbocycles. The molecule has 0 amide bonds. The van der Waals surface area contributed by atoms with Crippen LogP contribution in [0.5, 0.6) is 0 Å². The highest BCUT2D eigenvalue weighted by Crippen LogP contribution is 2.22. The van der Waals surface area contributed by atoms with Crippen LogP contribution in [0, 0.1) is 0 Å². The molecule has 4 rings (SSSR count). The standard InChI is InChI=1S/C25H28N4/c1-18(26-2)25-16-22(14-15-27-25)29-21-12-10-19(11-13-21)6-5-7-20-17-28-24-9-4-3-8-23(20)24/h3-4,8-18,26,28H,5-7H2,1-2H3,(H,27,29). The van der Waals surface area contributed by atoms with Gasteiger partial charge in [-0.3, -0.25) is 4.98 Å². The Bertz CT molecular complexity index is 1070. The van der Waals surface area contributed by atoms with Gasteiger partial charge in [0.1, 0.15) is 0 Å². The molecule has 2 aromatic carbocycles. The molecule has 1 unspecified atom stereocenters. The van der Waals surface area contributed by atoms with Crippen LogP contribution < -0.4 is 10.6 Å². The molecule has 0 radical (unpaired) electrons. The molecule has 1 atom stereocenters. The monoisotopic (exact) mass is 384 g/mol. The zero-order valence-corrected chi connectivity index (χ0v) is 17.1. The van der Waals surface area contributed by atoms with Crippen LogP contribution in [0.1, 0.15) is 36.2 Å². The van der Waals surface area contributed by atoms with E-state index in [2.05, 4.69) is 88.3 Å². The number of hydrogen-bond donors (Lipinski definition) is 3. The summed E-state index contributed by atoms with van der Waals surface area (Å²) >= 11 is 0. The maximum Gasteiger partial charge on any atom is 0.0590 e. The van der Waals surface area contributed by atoms with E-state index in [4.69, 9.17) is 0 Å². The Morgan fingerprint density at radius 2 is 1.79 bits per heavy atom. The average Bonchev–Trinajstić information content (AvgIpc) is 3.18. The van der Waals surface area contributed by atoms with Crippen LogP contribution in [0.2, 0.25) is 0 Å². The zero-order chi connectivity index (χ0) is 20.1. The summed E-state index contributed by atoms with van der Waals surface area (Å²) < 4.78 is 0. The zero-order valence-electron chi connectivity index (χ0n) is 17.1. The van der Waals surface area contributed by atoms with Crippen molar-refractivity contribution in [3.63, 3.8) is 0 Å². The number of H-pyrrole nitrogens is 1. The van der Waals surface area contributed by atoms with E-state index in [1.165, 1.54) is 22.0 Å². The van der Waals surface area contributed by atoms with E-state index in [0.29, 0.717) is 0 Å². The van der Waals surface area contributed by atoms with E-state index < -0.39 is 0 Å². The lowest BCUT2D eigenvalue weighted by molar-refractivity contribution is 0.633. The van der Waals surface area contributed by atoms with Gasteiger partial charge in [0.25, 0.3) is 0 Å². The number of nitrogens with zero attached hydrogens (tertiary/aromatic N) is 1. The first-order valence-corrected chi connectivity index (χ1v) is 10.3. The van der Waals surface area contributed by atoms with Crippen LogP contribution in [-0.2, 0) is 12.8 Å². The molecule has 0 aliphatic carbocycles. The maximum atomic E-state index is 4.43. The van der Waals surface area contributed by atoms with Crippen LogP contribution in [0.25, 0.3) is 10.9 Å². The molecule has 4 heteroatoms. The summed E-state index contributed by atoms with van der Waals surface area (Å²) in [6, 6.07) is 21.6. The normalized spacial score (nSPS) is 12.2. The fourth-order valence-corrected chi connectivity index (χ4v) is 3.65. The maximum absolute atomic E-state index is 4.43. The number of aromatic nitrogens is 2. The van der Waals surface area contributed by atoms with Crippen molar-refractivity contribution in [1.82, 2.24) is 15.3 Å². The van der Waals surface area contributed by atoms with Crippen molar-refractivity contribution in [2.45, 2.75) is 32.2 Å². The van der Waals surface area contributed by atoms with Gasteiger partial charge in [0, 0.05) is 40.7 Å². The number of aryl methyl sites for hydroxylation is 2. The predicted octanol–water partition coefficient (Wildman–Crippen LogP) is 5.76. The quantitative estimate of drug-likeness (QED) is 0.362. The number of benzene rings is 2. The van der Waals surface area contributed by atoms with E-state index in [-0.39, 0.29) is 6.04 Å². The van der Waals surface area contributed by atoms with Gasteiger partial charge in [-0.2, -0.15) is 0 Å². The highest BCUT2D eigenvalue weighted by Gasteiger charge is 2.06. The summed E-state index contributed by atoms with van der Waals surface area (Å²) in [5.41, 5.74) is 7.19. The lowest BCUT2D eigenvalue weighted by Crippen LogP contribution is -2.13. The third kappa shape index (κ3) is 4.66. The second kappa shape index (κ2) is 8.93.